The predicted octanol–water partition coefficient (Wildman–Crippen LogP) is 2.85. The number of hydrogen-bond donors (Lipinski definition) is 2. The van der Waals surface area contributed by atoms with Gasteiger partial charge in [-0.3, -0.25) is 14.7 Å². The van der Waals surface area contributed by atoms with Crippen molar-refractivity contribution < 1.29 is 13.9 Å². The Morgan fingerprint density at radius 1 is 1.15 bits per heavy atom. The van der Waals surface area contributed by atoms with Crippen LogP contribution in [0.1, 0.15) is 0 Å². The zero-order chi connectivity index (χ0) is 19.1. The Morgan fingerprint density at radius 3 is 2.59 bits per heavy atom. The molecule has 0 spiro atoms. The summed E-state index contributed by atoms with van der Waals surface area (Å²) >= 11 is 0. The molecule has 0 radical (unpaired) electrons. The van der Waals surface area contributed by atoms with Crippen molar-refractivity contribution in [2.24, 2.45) is 0 Å². The van der Waals surface area contributed by atoms with Gasteiger partial charge in [-0.25, -0.2) is 9.37 Å². The van der Waals surface area contributed by atoms with E-state index in [2.05, 4.69) is 15.6 Å². The quantitative estimate of drug-likeness (QED) is 0.600. The second-order valence-electron chi connectivity index (χ2n) is 5.88. The van der Waals surface area contributed by atoms with Crippen molar-refractivity contribution in [3.63, 3.8) is 0 Å². The molecule has 27 heavy (non-hydrogen) atoms. The number of halogens is 1. The largest absolute Gasteiger partial charge is 0.383 e. The molecule has 0 fully saturated rings. The van der Waals surface area contributed by atoms with E-state index in [-0.39, 0.29) is 18.3 Å². The number of carbonyl (C=O) groups excluding carboxylic acids is 1. The SMILES string of the molecule is COCCNCC(=O)Nc1nc(-c2ccccc2)cn1-c1ccc(F)cc1. The lowest BCUT2D eigenvalue weighted by molar-refractivity contribution is -0.115. The summed E-state index contributed by atoms with van der Waals surface area (Å²) in [6.45, 7) is 1.24. The fourth-order valence-electron chi connectivity index (χ4n) is 2.56. The molecule has 0 saturated heterocycles. The van der Waals surface area contributed by atoms with Crippen molar-refractivity contribution in [3.8, 4) is 16.9 Å². The van der Waals surface area contributed by atoms with Gasteiger partial charge in [-0.05, 0) is 24.3 Å². The summed E-state index contributed by atoms with van der Waals surface area (Å²) < 4.78 is 19.9. The summed E-state index contributed by atoms with van der Waals surface area (Å²) in [6.07, 6.45) is 1.82. The van der Waals surface area contributed by atoms with Crippen molar-refractivity contribution >= 4 is 11.9 Å². The van der Waals surface area contributed by atoms with E-state index in [4.69, 9.17) is 4.74 Å². The minimum Gasteiger partial charge on any atom is -0.383 e. The molecule has 0 aliphatic rings. The number of benzene rings is 2. The molecule has 0 aliphatic carbocycles. The lowest BCUT2D eigenvalue weighted by atomic mass is 10.2. The van der Waals surface area contributed by atoms with Crippen LogP contribution in [0.5, 0.6) is 0 Å². The van der Waals surface area contributed by atoms with Crippen LogP contribution in [0.25, 0.3) is 16.9 Å². The number of anilines is 1. The highest BCUT2D eigenvalue weighted by Crippen LogP contribution is 2.24. The molecular formula is C20H21FN4O2. The Bertz CT molecular complexity index is 879. The smallest absolute Gasteiger partial charge is 0.240 e. The Hall–Kier alpha value is -3.03. The van der Waals surface area contributed by atoms with Crippen LogP contribution >= 0.6 is 0 Å². The molecule has 0 aliphatic heterocycles. The summed E-state index contributed by atoms with van der Waals surface area (Å²) in [7, 11) is 1.60. The van der Waals surface area contributed by atoms with Crippen LogP contribution in [0.3, 0.4) is 0 Å². The second-order valence-corrected chi connectivity index (χ2v) is 5.88. The van der Waals surface area contributed by atoms with Crippen LogP contribution in [-0.2, 0) is 9.53 Å². The minimum atomic E-state index is -0.324. The Balaban J connectivity index is 1.85. The van der Waals surface area contributed by atoms with Gasteiger partial charge in [0.1, 0.15) is 5.82 Å². The molecule has 1 heterocycles. The number of ether oxygens (including phenoxy) is 1. The van der Waals surface area contributed by atoms with Gasteiger partial charge in [0, 0.05) is 31.1 Å². The Morgan fingerprint density at radius 2 is 1.89 bits per heavy atom. The first-order valence-corrected chi connectivity index (χ1v) is 8.57. The lowest BCUT2D eigenvalue weighted by Gasteiger charge is -2.09. The number of hydrogen-bond acceptors (Lipinski definition) is 4. The molecule has 0 saturated carbocycles. The maximum atomic E-state index is 13.3. The molecule has 1 amide bonds. The topological polar surface area (TPSA) is 68.2 Å². The standard InChI is InChI=1S/C20H21FN4O2/c1-27-12-11-22-13-19(26)24-20-23-18(15-5-3-2-4-6-15)14-25(20)17-9-7-16(21)8-10-17/h2-10,14,22H,11-13H2,1H3,(H,23,24,26). The highest BCUT2D eigenvalue weighted by Gasteiger charge is 2.14. The normalized spacial score (nSPS) is 10.7. The Kier molecular flexibility index (Phi) is 6.30. The number of imidazole rings is 1. The third kappa shape index (κ3) is 4.99. The van der Waals surface area contributed by atoms with Crippen molar-refractivity contribution in [2.75, 3.05) is 32.1 Å². The molecule has 0 unspecified atom stereocenters. The number of nitrogens with one attached hydrogen (secondary N) is 2. The van der Waals surface area contributed by atoms with E-state index < -0.39 is 0 Å². The molecule has 1 aromatic heterocycles. The fourth-order valence-corrected chi connectivity index (χ4v) is 2.56. The number of amides is 1. The third-order valence-corrected chi connectivity index (χ3v) is 3.90. The minimum absolute atomic E-state index is 0.139. The maximum absolute atomic E-state index is 13.3. The van der Waals surface area contributed by atoms with Gasteiger partial charge in [-0.15, -0.1) is 0 Å². The van der Waals surface area contributed by atoms with Crippen LogP contribution in [0.4, 0.5) is 10.3 Å². The first kappa shape index (κ1) is 18.8. The molecule has 7 heteroatoms. The third-order valence-electron chi connectivity index (χ3n) is 3.90. The average molecular weight is 368 g/mol. The highest BCUT2D eigenvalue weighted by molar-refractivity contribution is 5.91. The molecule has 2 N–H and O–H groups in total. The van der Waals surface area contributed by atoms with Crippen molar-refractivity contribution in [3.05, 3.63) is 66.6 Å². The van der Waals surface area contributed by atoms with Gasteiger partial charge in [0.15, 0.2) is 0 Å². The Labute approximate surface area is 157 Å². The molecule has 6 nitrogen and oxygen atoms in total. The molecule has 0 bridgehead atoms. The summed E-state index contributed by atoms with van der Waals surface area (Å²) in [5.41, 5.74) is 2.34. The van der Waals surface area contributed by atoms with E-state index in [1.54, 1.807) is 23.8 Å². The number of rotatable bonds is 8. The van der Waals surface area contributed by atoms with Gasteiger partial charge in [0.05, 0.1) is 18.8 Å². The van der Waals surface area contributed by atoms with Gasteiger partial charge in [-0.1, -0.05) is 30.3 Å². The van der Waals surface area contributed by atoms with Gasteiger partial charge in [0.25, 0.3) is 0 Å². The lowest BCUT2D eigenvalue weighted by Crippen LogP contribution is -2.31. The van der Waals surface area contributed by atoms with Crippen LogP contribution in [0.2, 0.25) is 0 Å². The summed E-state index contributed by atoms with van der Waals surface area (Å²) in [6, 6.07) is 15.7. The summed E-state index contributed by atoms with van der Waals surface area (Å²) in [5.74, 6) is -0.172. The molecule has 3 rings (SSSR count). The van der Waals surface area contributed by atoms with Crippen LogP contribution in [0, 0.1) is 5.82 Å². The molecule has 140 valence electrons. The predicted molar refractivity (Wildman–Crippen MR) is 102 cm³/mol. The molecule has 0 atom stereocenters. The van der Waals surface area contributed by atoms with Crippen LogP contribution in [-0.4, -0.2) is 42.3 Å². The van der Waals surface area contributed by atoms with Crippen molar-refractivity contribution in [1.29, 1.82) is 0 Å². The monoisotopic (exact) mass is 368 g/mol. The molecular weight excluding hydrogens is 347 g/mol. The summed E-state index contributed by atoms with van der Waals surface area (Å²) in [4.78, 5) is 16.8. The zero-order valence-corrected chi connectivity index (χ0v) is 15.0. The molecule has 3 aromatic rings. The van der Waals surface area contributed by atoms with E-state index in [0.29, 0.717) is 30.5 Å². The first-order valence-electron chi connectivity index (χ1n) is 8.57. The maximum Gasteiger partial charge on any atom is 0.240 e. The van der Waals surface area contributed by atoms with Gasteiger partial charge < -0.3 is 10.1 Å². The average Bonchev–Trinajstić information content (AvgIpc) is 3.10. The molecule has 2 aromatic carbocycles. The summed E-state index contributed by atoms with van der Waals surface area (Å²) in [5, 5.41) is 5.79. The van der Waals surface area contributed by atoms with E-state index in [1.807, 2.05) is 36.5 Å². The van der Waals surface area contributed by atoms with Gasteiger partial charge in [0.2, 0.25) is 11.9 Å². The first-order chi connectivity index (χ1) is 13.2. The number of methoxy groups -OCH3 is 1. The number of carbonyl (C=O) groups is 1. The zero-order valence-electron chi connectivity index (χ0n) is 15.0. The number of aromatic nitrogens is 2. The number of nitrogens with zero attached hydrogens (tertiary/aromatic N) is 2. The van der Waals surface area contributed by atoms with E-state index in [1.165, 1.54) is 12.1 Å². The highest BCUT2D eigenvalue weighted by atomic mass is 19.1. The van der Waals surface area contributed by atoms with E-state index in [9.17, 15) is 9.18 Å². The van der Waals surface area contributed by atoms with Crippen LogP contribution in [0.15, 0.2) is 60.8 Å². The van der Waals surface area contributed by atoms with Gasteiger partial charge in [-0.2, -0.15) is 0 Å². The second kappa shape index (κ2) is 9.07. The van der Waals surface area contributed by atoms with Gasteiger partial charge >= 0.3 is 0 Å². The van der Waals surface area contributed by atoms with E-state index >= 15 is 0 Å². The van der Waals surface area contributed by atoms with Crippen molar-refractivity contribution in [2.45, 2.75) is 0 Å². The fraction of sp³-hybridized carbons (Fsp3) is 0.200. The van der Waals surface area contributed by atoms with Crippen LogP contribution < -0.4 is 10.6 Å². The van der Waals surface area contributed by atoms with Crippen molar-refractivity contribution in [1.82, 2.24) is 14.9 Å². The van der Waals surface area contributed by atoms with E-state index in [0.717, 1.165) is 5.56 Å².